The van der Waals surface area contributed by atoms with Gasteiger partial charge >= 0.3 is 0 Å². The number of carbonyl (C=O) groups excluding carboxylic acids is 1. The van der Waals surface area contributed by atoms with Crippen LogP contribution in [-0.4, -0.2) is 36.8 Å². The van der Waals surface area contributed by atoms with Crippen LogP contribution >= 0.6 is 0 Å². The lowest BCUT2D eigenvalue weighted by molar-refractivity contribution is -0.117. The molecular formula is C20H18FN3O4. The average Bonchev–Trinajstić information content (AvgIpc) is 3.35. The molecular weight excluding hydrogens is 365 g/mol. The van der Waals surface area contributed by atoms with Crippen LogP contribution in [0.15, 0.2) is 47.0 Å². The maximum absolute atomic E-state index is 13.1. The third-order valence-corrected chi connectivity index (χ3v) is 4.70. The molecule has 1 amide bonds. The second-order valence-electron chi connectivity index (χ2n) is 6.41. The summed E-state index contributed by atoms with van der Waals surface area (Å²) in [5.41, 5.74) is 1.34. The van der Waals surface area contributed by atoms with E-state index in [0.717, 1.165) is 0 Å². The first-order valence-corrected chi connectivity index (χ1v) is 8.71. The SMILES string of the molecule is COc1ccc(N2C[C@@H](c3noc(-c4ccc(F)cc4)n3)CC2=O)cc1OC. The highest BCUT2D eigenvalue weighted by Gasteiger charge is 2.35. The minimum atomic E-state index is -0.338. The maximum Gasteiger partial charge on any atom is 0.257 e. The smallest absolute Gasteiger partial charge is 0.257 e. The largest absolute Gasteiger partial charge is 0.493 e. The molecule has 1 fully saturated rings. The van der Waals surface area contributed by atoms with Crippen LogP contribution in [0, 0.1) is 5.82 Å². The van der Waals surface area contributed by atoms with E-state index < -0.39 is 0 Å². The fourth-order valence-electron chi connectivity index (χ4n) is 3.23. The fourth-order valence-corrected chi connectivity index (χ4v) is 3.23. The van der Waals surface area contributed by atoms with Crippen molar-refractivity contribution in [1.29, 1.82) is 0 Å². The number of carbonyl (C=O) groups is 1. The molecule has 1 aliphatic heterocycles. The number of amides is 1. The molecule has 7 nitrogen and oxygen atoms in total. The van der Waals surface area contributed by atoms with Gasteiger partial charge in [0.25, 0.3) is 5.89 Å². The molecule has 1 aliphatic rings. The molecule has 1 aromatic heterocycles. The Morgan fingerprint density at radius 1 is 1.11 bits per heavy atom. The van der Waals surface area contributed by atoms with E-state index in [1.807, 2.05) is 6.07 Å². The molecule has 144 valence electrons. The molecule has 8 heteroatoms. The Kier molecular flexibility index (Phi) is 4.68. The van der Waals surface area contributed by atoms with Gasteiger partial charge in [-0.15, -0.1) is 0 Å². The second-order valence-corrected chi connectivity index (χ2v) is 6.41. The Morgan fingerprint density at radius 2 is 1.86 bits per heavy atom. The zero-order valence-electron chi connectivity index (χ0n) is 15.4. The molecule has 0 spiro atoms. The first kappa shape index (κ1) is 18.0. The van der Waals surface area contributed by atoms with Gasteiger partial charge in [-0.3, -0.25) is 4.79 Å². The van der Waals surface area contributed by atoms with E-state index in [1.54, 1.807) is 43.4 Å². The van der Waals surface area contributed by atoms with Gasteiger partial charge in [-0.25, -0.2) is 4.39 Å². The van der Waals surface area contributed by atoms with Gasteiger partial charge in [0.15, 0.2) is 17.3 Å². The van der Waals surface area contributed by atoms with Crippen LogP contribution in [-0.2, 0) is 4.79 Å². The van der Waals surface area contributed by atoms with E-state index in [1.165, 1.54) is 12.1 Å². The number of aromatic nitrogens is 2. The zero-order valence-corrected chi connectivity index (χ0v) is 15.4. The summed E-state index contributed by atoms with van der Waals surface area (Å²) in [6.07, 6.45) is 0.275. The van der Waals surface area contributed by atoms with Gasteiger partial charge in [0, 0.05) is 36.2 Å². The molecule has 0 saturated carbocycles. The first-order valence-electron chi connectivity index (χ1n) is 8.71. The van der Waals surface area contributed by atoms with Crippen LogP contribution in [0.5, 0.6) is 11.5 Å². The topological polar surface area (TPSA) is 77.7 Å². The number of nitrogens with zero attached hydrogens (tertiary/aromatic N) is 3. The molecule has 3 aromatic rings. The van der Waals surface area contributed by atoms with Gasteiger partial charge < -0.3 is 18.9 Å². The quantitative estimate of drug-likeness (QED) is 0.672. The van der Waals surface area contributed by atoms with E-state index in [0.29, 0.717) is 41.0 Å². The van der Waals surface area contributed by atoms with Crippen molar-refractivity contribution in [3.05, 3.63) is 54.1 Å². The monoisotopic (exact) mass is 383 g/mol. The van der Waals surface area contributed by atoms with E-state index in [4.69, 9.17) is 14.0 Å². The molecule has 1 saturated heterocycles. The molecule has 2 heterocycles. The van der Waals surface area contributed by atoms with Crippen molar-refractivity contribution >= 4 is 11.6 Å². The lowest BCUT2D eigenvalue weighted by Gasteiger charge is -2.18. The Hall–Kier alpha value is -3.42. The van der Waals surface area contributed by atoms with E-state index in [2.05, 4.69) is 10.1 Å². The van der Waals surface area contributed by atoms with Gasteiger partial charge in [0.2, 0.25) is 5.91 Å². The number of methoxy groups -OCH3 is 2. The maximum atomic E-state index is 13.1. The normalized spacial score (nSPS) is 16.5. The fraction of sp³-hybridized carbons (Fsp3) is 0.250. The zero-order chi connectivity index (χ0) is 19.7. The van der Waals surface area contributed by atoms with Crippen molar-refractivity contribution in [2.45, 2.75) is 12.3 Å². The summed E-state index contributed by atoms with van der Waals surface area (Å²) in [4.78, 5) is 18.6. The number of rotatable bonds is 5. The number of hydrogen-bond donors (Lipinski definition) is 0. The minimum absolute atomic E-state index is 0.0367. The third kappa shape index (κ3) is 3.28. The predicted molar refractivity (Wildman–Crippen MR) is 98.9 cm³/mol. The first-order chi connectivity index (χ1) is 13.6. The highest BCUT2D eigenvalue weighted by Crippen LogP contribution is 2.36. The van der Waals surface area contributed by atoms with Gasteiger partial charge in [-0.05, 0) is 36.4 Å². The van der Waals surface area contributed by atoms with E-state index in [-0.39, 0.29) is 24.1 Å². The summed E-state index contributed by atoms with van der Waals surface area (Å²) in [7, 11) is 3.11. The van der Waals surface area contributed by atoms with Crippen LogP contribution in [0.2, 0.25) is 0 Å². The molecule has 0 radical (unpaired) electrons. The molecule has 2 aromatic carbocycles. The highest BCUT2D eigenvalue weighted by atomic mass is 19.1. The summed E-state index contributed by atoms with van der Waals surface area (Å²) in [6.45, 7) is 0.427. The number of benzene rings is 2. The lowest BCUT2D eigenvalue weighted by Crippen LogP contribution is -2.24. The molecule has 0 N–H and O–H groups in total. The summed E-state index contributed by atoms with van der Waals surface area (Å²) in [5, 5.41) is 4.02. The van der Waals surface area contributed by atoms with Crippen LogP contribution in [0.4, 0.5) is 10.1 Å². The van der Waals surface area contributed by atoms with Gasteiger partial charge in [0.05, 0.1) is 14.2 Å². The number of anilines is 1. The van der Waals surface area contributed by atoms with Crippen molar-refractivity contribution in [2.24, 2.45) is 0 Å². The number of hydrogen-bond acceptors (Lipinski definition) is 6. The molecule has 28 heavy (non-hydrogen) atoms. The summed E-state index contributed by atoms with van der Waals surface area (Å²) in [6, 6.07) is 11.1. The van der Waals surface area contributed by atoms with Crippen molar-refractivity contribution < 1.29 is 23.2 Å². The highest BCUT2D eigenvalue weighted by molar-refractivity contribution is 5.96. The van der Waals surface area contributed by atoms with E-state index in [9.17, 15) is 9.18 Å². The van der Waals surface area contributed by atoms with Gasteiger partial charge in [-0.2, -0.15) is 4.98 Å². The Morgan fingerprint density at radius 3 is 2.57 bits per heavy atom. The Labute approximate surface area is 160 Å². The third-order valence-electron chi connectivity index (χ3n) is 4.70. The van der Waals surface area contributed by atoms with Crippen LogP contribution in [0.25, 0.3) is 11.5 Å². The van der Waals surface area contributed by atoms with Crippen LogP contribution in [0.3, 0.4) is 0 Å². The van der Waals surface area contributed by atoms with Crippen molar-refractivity contribution in [3.8, 4) is 23.0 Å². The molecule has 0 aliphatic carbocycles. The standard InChI is InChI=1S/C20H18FN3O4/c1-26-16-8-7-15(10-17(16)27-2)24-11-13(9-18(24)25)19-22-20(28-23-19)12-3-5-14(21)6-4-12/h3-8,10,13H,9,11H2,1-2H3/t13-/m0/s1. The Bertz CT molecular complexity index is 1000. The molecule has 4 rings (SSSR count). The lowest BCUT2D eigenvalue weighted by atomic mass is 10.1. The average molecular weight is 383 g/mol. The summed E-state index contributed by atoms with van der Waals surface area (Å²) in [5.74, 6) is 1.33. The van der Waals surface area contributed by atoms with Crippen LogP contribution in [0.1, 0.15) is 18.2 Å². The Balaban J connectivity index is 1.55. The molecule has 1 atom stereocenters. The number of ether oxygens (including phenoxy) is 2. The minimum Gasteiger partial charge on any atom is -0.493 e. The van der Waals surface area contributed by atoms with Crippen molar-refractivity contribution in [3.63, 3.8) is 0 Å². The summed E-state index contributed by atoms with van der Waals surface area (Å²) >= 11 is 0. The van der Waals surface area contributed by atoms with Gasteiger partial charge in [0.1, 0.15) is 5.82 Å². The van der Waals surface area contributed by atoms with Crippen molar-refractivity contribution in [1.82, 2.24) is 10.1 Å². The molecule has 0 bridgehead atoms. The van der Waals surface area contributed by atoms with Crippen molar-refractivity contribution in [2.75, 3.05) is 25.7 Å². The number of halogens is 1. The molecule has 0 unspecified atom stereocenters. The second kappa shape index (κ2) is 7.30. The predicted octanol–water partition coefficient (Wildman–Crippen LogP) is 3.41. The summed E-state index contributed by atoms with van der Waals surface area (Å²) < 4.78 is 28.9. The van der Waals surface area contributed by atoms with Gasteiger partial charge in [-0.1, -0.05) is 5.16 Å². The van der Waals surface area contributed by atoms with Crippen LogP contribution < -0.4 is 14.4 Å². The van der Waals surface area contributed by atoms with E-state index >= 15 is 0 Å².